The van der Waals surface area contributed by atoms with Gasteiger partial charge in [0.05, 0.1) is 13.6 Å². The summed E-state index contributed by atoms with van der Waals surface area (Å²) in [4.78, 5) is 0. The Bertz CT molecular complexity index is 490. The van der Waals surface area contributed by atoms with Crippen LogP contribution >= 0.6 is 54.5 Å². The van der Waals surface area contributed by atoms with E-state index in [1.165, 1.54) is 20.5 Å². The van der Waals surface area contributed by atoms with Crippen LogP contribution in [0.3, 0.4) is 0 Å². The van der Waals surface area contributed by atoms with E-state index in [0.29, 0.717) is 0 Å². The molecule has 0 aliphatic rings. The number of aryl methyl sites for hydroxylation is 1. The van der Waals surface area contributed by atoms with E-state index in [0.717, 1.165) is 3.79 Å². The van der Waals surface area contributed by atoms with Crippen LogP contribution < -0.4 is 5.32 Å². The van der Waals surface area contributed by atoms with E-state index in [1.54, 1.807) is 22.7 Å². The maximum absolute atomic E-state index is 3.62. The van der Waals surface area contributed by atoms with Crippen LogP contribution in [0, 0.1) is 6.92 Å². The lowest BCUT2D eigenvalue weighted by atomic mass is 10.0. The van der Waals surface area contributed by atoms with Gasteiger partial charge in [0.15, 0.2) is 0 Å². The summed E-state index contributed by atoms with van der Waals surface area (Å²) in [7, 11) is 2.00. The molecule has 0 spiro atoms. The van der Waals surface area contributed by atoms with E-state index in [1.807, 2.05) is 7.05 Å². The van der Waals surface area contributed by atoms with Gasteiger partial charge in [-0.15, -0.1) is 11.3 Å². The van der Waals surface area contributed by atoms with E-state index < -0.39 is 0 Å². The fourth-order valence-corrected chi connectivity index (χ4v) is 5.47. The van der Waals surface area contributed by atoms with Gasteiger partial charge in [0.1, 0.15) is 0 Å². The Balaban J connectivity index is 2.44. The standard InChI is InChI=1S/C11H11Br2NS2/c1-6-4-15-5-8(6)10(14-2)7-3-9(12)16-11(7)13/h3-5,10,14H,1-2H3. The molecule has 0 bridgehead atoms. The monoisotopic (exact) mass is 379 g/mol. The maximum atomic E-state index is 3.62. The number of halogens is 2. The van der Waals surface area contributed by atoms with Gasteiger partial charge in [-0.2, -0.15) is 11.3 Å². The average molecular weight is 381 g/mol. The van der Waals surface area contributed by atoms with E-state index in [-0.39, 0.29) is 6.04 Å². The predicted molar refractivity (Wildman–Crippen MR) is 79.7 cm³/mol. The molecule has 2 aromatic heterocycles. The second-order valence-electron chi connectivity index (χ2n) is 3.51. The summed E-state index contributed by atoms with van der Waals surface area (Å²) in [5.74, 6) is 0. The lowest BCUT2D eigenvalue weighted by Gasteiger charge is -2.15. The molecule has 5 heteroatoms. The fraction of sp³-hybridized carbons (Fsp3) is 0.273. The van der Waals surface area contributed by atoms with Crippen LogP contribution in [0.15, 0.2) is 24.4 Å². The third-order valence-corrected chi connectivity index (χ3v) is 5.75. The molecule has 0 aliphatic heterocycles. The van der Waals surface area contributed by atoms with Crippen molar-refractivity contribution in [3.8, 4) is 0 Å². The van der Waals surface area contributed by atoms with Crippen molar-refractivity contribution in [1.82, 2.24) is 5.32 Å². The van der Waals surface area contributed by atoms with Crippen molar-refractivity contribution in [2.75, 3.05) is 7.05 Å². The molecule has 2 aromatic rings. The van der Waals surface area contributed by atoms with Gasteiger partial charge < -0.3 is 5.32 Å². The number of rotatable bonds is 3. The van der Waals surface area contributed by atoms with Crippen molar-refractivity contribution in [1.29, 1.82) is 0 Å². The number of thiophene rings is 2. The summed E-state index contributed by atoms with van der Waals surface area (Å²) in [6.07, 6.45) is 0. The Morgan fingerprint density at radius 1 is 1.25 bits per heavy atom. The first-order valence-corrected chi connectivity index (χ1v) is 8.12. The Hall–Kier alpha value is 0.320. The van der Waals surface area contributed by atoms with Gasteiger partial charge in [0, 0.05) is 0 Å². The molecule has 0 radical (unpaired) electrons. The van der Waals surface area contributed by atoms with Crippen LogP contribution in [0.4, 0.5) is 0 Å². The van der Waals surface area contributed by atoms with Crippen molar-refractivity contribution >= 4 is 54.5 Å². The SMILES string of the molecule is CNC(c1cscc1C)c1cc(Br)sc1Br. The molecule has 86 valence electrons. The predicted octanol–water partition coefficient (Wildman–Crippen LogP) is 4.95. The first kappa shape index (κ1) is 12.8. The fourth-order valence-electron chi connectivity index (χ4n) is 1.69. The van der Waals surface area contributed by atoms with Crippen LogP contribution in [-0.2, 0) is 0 Å². The molecule has 1 nitrogen and oxygen atoms in total. The molecule has 16 heavy (non-hydrogen) atoms. The molecule has 0 aliphatic carbocycles. The molecule has 1 unspecified atom stereocenters. The zero-order chi connectivity index (χ0) is 11.7. The minimum absolute atomic E-state index is 0.267. The lowest BCUT2D eigenvalue weighted by Crippen LogP contribution is -2.17. The summed E-state index contributed by atoms with van der Waals surface area (Å²) in [5.41, 5.74) is 4.00. The molecular formula is C11H11Br2NS2. The molecule has 2 rings (SSSR count). The molecule has 0 aromatic carbocycles. The molecule has 1 atom stereocenters. The molecular weight excluding hydrogens is 370 g/mol. The maximum Gasteiger partial charge on any atom is 0.0761 e. The van der Waals surface area contributed by atoms with Gasteiger partial charge in [-0.3, -0.25) is 0 Å². The highest BCUT2D eigenvalue weighted by molar-refractivity contribution is 9.12. The Morgan fingerprint density at radius 2 is 2.00 bits per heavy atom. The largest absolute Gasteiger partial charge is 0.309 e. The van der Waals surface area contributed by atoms with Crippen LogP contribution in [0.1, 0.15) is 22.7 Å². The Kier molecular flexibility index (Phi) is 4.24. The minimum atomic E-state index is 0.267. The zero-order valence-corrected chi connectivity index (χ0v) is 13.7. The van der Waals surface area contributed by atoms with Gasteiger partial charge in [0.25, 0.3) is 0 Å². The van der Waals surface area contributed by atoms with E-state index in [9.17, 15) is 0 Å². The van der Waals surface area contributed by atoms with Gasteiger partial charge >= 0.3 is 0 Å². The smallest absolute Gasteiger partial charge is 0.0761 e. The molecule has 0 fully saturated rings. The van der Waals surface area contributed by atoms with Crippen molar-refractivity contribution < 1.29 is 0 Å². The van der Waals surface area contributed by atoms with Crippen LogP contribution in [0.5, 0.6) is 0 Å². The van der Waals surface area contributed by atoms with Gasteiger partial charge in [-0.1, -0.05) is 0 Å². The average Bonchev–Trinajstić information content (AvgIpc) is 2.77. The van der Waals surface area contributed by atoms with Crippen LogP contribution in [-0.4, -0.2) is 7.05 Å². The second kappa shape index (κ2) is 5.31. The zero-order valence-electron chi connectivity index (χ0n) is 8.88. The molecule has 0 saturated heterocycles. The Labute approximate surface area is 120 Å². The van der Waals surface area contributed by atoms with Crippen molar-refractivity contribution in [2.24, 2.45) is 0 Å². The minimum Gasteiger partial charge on any atom is -0.309 e. The quantitative estimate of drug-likeness (QED) is 0.793. The summed E-state index contributed by atoms with van der Waals surface area (Å²) < 4.78 is 2.34. The van der Waals surface area contributed by atoms with E-state index >= 15 is 0 Å². The first-order valence-electron chi connectivity index (χ1n) is 4.78. The van der Waals surface area contributed by atoms with Gasteiger partial charge in [-0.25, -0.2) is 0 Å². The molecule has 0 saturated carbocycles. The number of hydrogen-bond donors (Lipinski definition) is 1. The van der Waals surface area contributed by atoms with Gasteiger partial charge in [-0.05, 0) is 79.3 Å². The summed E-state index contributed by atoms with van der Waals surface area (Å²) in [5, 5.41) is 7.78. The summed E-state index contributed by atoms with van der Waals surface area (Å²) >= 11 is 10.6. The van der Waals surface area contributed by atoms with Gasteiger partial charge in [0.2, 0.25) is 0 Å². The summed E-state index contributed by atoms with van der Waals surface area (Å²) in [6, 6.07) is 2.44. The Morgan fingerprint density at radius 3 is 2.44 bits per heavy atom. The lowest BCUT2D eigenvalue weighted by molar-refractivity contribution is 0.690. The second-order valence-corrected chi connectivity index (χ2v) is 8.00. The first-order chi connectivity index (χ1) is 7.63. The molecule has 1 N–H and O–H groups in total. The topological polar surface area (TPSA) is 12.0 Å². The third-order valence-electron chi connectivity index (χ3n) is 2.49. The number of hydrogen-bond acceptors (Lipinski definition) is 3. The normalized spacial score (nSPS) is 13.0. The van der Waals surface area contributed by atoms with Crippen LogP contribution in [0.2, 0.25) is 0 Å². The molecule has 2 heterocycles. The third kappa shape index (κ3) is 2.43. The summed E-state index contributed by atoms with van der Waals surface area (Å²) in [6.45, 7) is 2.16. The van der Waals surface area contributed by atoms with Crippen molar-refractivity contribution in [3.05, 3.63) is 41.1 Å². The van der Waals surface area contributed by atoms with Crippen molar-refractivity contribution in [2.45, 2.75) is 13.0 Å². The van der Waals surface area contributed by atoms with E-state index in [2.05, 4.69) is 60.9 Å². The highest BCUT2D eigenvalue weighted by Gasteiger charge is 2.19. The highest BCUT2D eigenvalue weighted by Crippen LogP contribution is 2.38. The highest BCUT2D eigenvalue weighted by atomic mass is 79.9. The van der Waals surface area contributed by atoms with Crippen LogP contribution in [0.25, 0.3) is 0 Å². The van der Waals surface area contributed by atoms with Crippen molar-refractivity contribution in [3.63, 3.8) is 0 Å². The molecule has 0 amide bonds. The number of nitrogens with one attached hydrogen (secondary N) is 1. The van der Waals surface area contributed by atoms with E-state index in [4.69, 9.17) is 0 Å².